The number of benzene rings is 3. The van der Waals surface area contributed by atoms with Gasteiger partial charge >= 0.3 is 5.97 Å². The summed E-state index contributed by atoms with van der Waals surface area (Å²) in [6.07, 6.45) is 0. The molecule has 0 spiro atoms. The van der Waals surface area contributed by atoms with Crippen molar-refractivity contribution in [1.82, 2.24) is 4.90 Å². The molecule has 37 heavy (non-hydrogen) atoms. The number of rotatable bonds is 6. The monoisotopic (exact) mass is 522 g/mol. The fourth-order valence-corrected chi connectivity index (χ4v) is 4.26. The minimum Gasteiger partial charge on any atom is -0.465 e. The van der Waals surface area contributed by atoms with Crippen LogP contribution in [0, 0.1) is 10.1 Å². The molecular formula is C26H23ClN4O6. The number of methoxy groups -OCH3 is 1. The van der Waals surface area contributed by atoms with Gasteiger partial charge in [-0.05, 0) is 36.4 Å². The molecule has 1 saturated heterocycles. The number of nitro groups is 1. The Hall–Kier alpha value is -4.44. The summed E-state index contributed by atoms with van der Waals surface area (Å²) in [5.74, 6) is -1.32. The Bertz CT molecular complexity index is 1360. The number of esters is 1. The Morgan fingerprint density at radius 2 is 1.65 bits per heavy atom. The van der Waals surface area contributed by atoms with E-state index in [0.29, 0.717) is 43.1 Å². The molecule has 3 aromatic rings. The van der Waals surface area contributed by atoms with Gasteiger partial charge in [-0.15, -0.1) is 0 Å². The topological polar surface area (TPSA) is 122 Å². The van der Waals surface area contributed by atoms with Crippen molar-refractivity contribution < 1.29 is 24.0 Å². The molecule has 0 unspecified atom stereocenters. The lowest BCUT2D eigenvalue weighted by Gasteiger charge is -2.37. The Morgan fingerprint density at radius 3 is 2.30 bits per heavy atom. The van der Waals surface area contributed by atoms with E-state index < -0.39 is 16.8 Å². The van der Waals surface area contributed by atoms with Crippen LogP contribution in [0.15, 0.2) is 66.7 Å². The third-order valence-corrected chi connectivity index (χ3v) is 6.33. The number of amides is 2. The lowest BCUT2D eigenvalue weighted by atomic mass is 10.1. The molecule has 0 aromatic heterocycles. The highest BCUT2D eigenvalue weighted by Crippen LogP contribution is 2.31. The Kier molecular flexibility index (Phi) is 7.69. The van der Waals surface area contributed by atoms with Crippen molar-refractivity contribution in [2.45, 2.75) is 0 Å². The third kappa shape index (κ3) is 5.70. The number of hydrogen-bond acceptors (Lipinski definition) is 7. The molecular weight excluding hydrogens is 500 g/mol. The van der Waals surface area contributed by atoms with Crippen LogP contribution in [0.5, 0.6) is 0 Å². The zero-order chi connectivity index (χ0) is 26.5. The van der Waals surface area contributed by atoms with Crippen LogP contribution in [0.4, 0.5) is 17.1 Å². The van der Waals surface area contributed by atoms with Crippen LogP contribution in [-0.2, 0) is 4.74 Å². The molecule has 0 atom stereocenters. The standard InChI is InChI=1S/C26H23ClN4O6/c1-37-26(34)18-7-10-23(29-11-13-30(14-12-29)25(33)17-5-3-2-4-6-17)22(15-18)28-24(32)20-16-19(31(35)36)8-9-21(20)27/h2-10,15-16H,11-14H2,1H3,(H,28,32). The van der Waals surface area contributed by atoms with Gasteiger partial charge in [0.15, 0.2) is 0 Å². The molecule has 3 aromatic carbocycles. The summed E-state index contributed by atoms with van der Waals surface area (Å²) in [4.78, 5) is 52.3. The summed E-state index contributed by atoms with van der Waals surface area (Å²) in [5, 5.41) is 13.9. The molecule has 1 heterocycles. The van der Waals surface area contributed by atoms with E-state index in [1.54, 1.807) is 29.2 Å². The van der Waals surface area contributed by atoms with Crippen LogP contribution in [0.2, 0.25) is 5.02 Å². The van der Waals surface area contributed by atoms with Crippen molar-refractivity contribution in [1.29, 1.82) is 0 Å². The largest absolute Gasteiger partial charge is 0.465 e. The van der Waals surface area contributed by atoms with E-state index in [1.807, 2.05) is 23.1 Å². The first-order valence-corrected chi connectivity index (χ1v) is 11.7. The van der Waals surface area contributed by atoms with E-state index in [9.17, 15) is 24.5 Å². The quantitative estimate of drug-likeness (QED) is 0.292. The minimum absolute atomic E-state index is 0.0433. The molecule has 190 valence electrons. The number of ether oxygens (including phenoxy) is 1. The summed E-state index contributed by atoms with van der Waals surface area (Å²) in [6, 6.07) is 17.3. The second-order valence-electron chi connectivity index (χ2n) is 8.24. The number of nitrogens with one attached hydrogen (secondary N) is 1. The number of carbonyl (C=O) groups is 3. The molecule has 11 heteroatoms. The van der Waals surface area contributed by atoms with Gasteiger partial charge in [0.25, 0.3) is 17.5 Å². The Labute approximate surface area is 217 Å². The van der Waals surface area contributed by atoms with E-state index in [1.165, 1.54) is 25.3 Å². The third-order valence-electron chi connectivity index (χ3n) is 6.00. The molecule has 4 rings (SSSR count). The SMILES string of the molecule is COC(=O)c1ccc(N2CCN(C(=O)c3ccccc3)CC2)c(NC(=O)c2cc([N+](=O)[O-])ccc2Cl)c1. The number of anilines is 2. The van der Waals surface area contributed by atoms with Gasteiger partial charge in [-0.3, -0.25) is 19.7 Å². The zero-order valence-electron chi connectivity index (χ0n) is 19.8. The zero-order valence-corrected chi connectivity index (χ0v) is 20.6. The maximum atomic E-state index is 13.1. The average Bonchev–Trinajstić information content (AvgIpc) is 2.92. The molecule has 2 amide bonds. The Balaban J connectivity index is 1.58. The van der Waals surface area contributed by atoms with Crippen molar-refractivity contribution in [3.63, 3.8) is 0 Å². The first-order chi connectivity index (χ1) is 17.8. The lowest BCUT2D eigenvalue weighted by molar-refractivity contribution is -0.384. The van der Waals surface area contributed by atoms with E-state index in [-0.39, 0.29) is 27.7 Å². The maximum absolute atomic E-state index is 13.1. The van der Waals surface area contributed by atoms with Crippen molar-refractivity contribution >= 4 is 46.4 Å². The second kappa shape index (κ2) is 11.1. The number of hydrogen-bond donors (Lipinski definition) is 1. The molecule has 10 nitrogen and oxygen atoms in total. The summed E-state index contributed by atoms with van der Waals surface area (Å²) in [7, 11) is 1.25. The second-order valence-corrected chi connectivity index (χ2v) is 8.65. The first-order valence-electron chi connectivity index (χ1n) is 11.4. The van der Waals surface area contributed by atoms with Crippen LogP contribution in [0.1, 0.15) is 31.1 Å². The summed E-state index contributed by atoms with van der Waals surface area (Å²) in [5.41, 5.74) is 1.39. The minimum atomic E-state index is -0.671. The summed E-state index contributed by atoms with van der Waals surface area (Å²) >= 11 is 6.15. The van der Waals surface area contributed by atoms with Gasteiger partial charge in [-0.2, -0.15) is 0 Å². The number of non-ortho nitro benzene ring substituents is 1. The van der Waals surface area contributed by atoms with Crippen LogP contribution in [0.25, 0.3) is 0 Å². The number of piperazine rings is 1. The highest BCUT2D eigenvalue weighted by atomic mass is 35.5. The molecule has 1 N–H and O–H groups in total. The van der Waals surface area contributed by atoms with Crippen molar-refractivity contribution in [2.24, 2.45) is 0 Å². The predicted molar refractivity (Wildman–Crippen MR) is 138 cm³/mol. The van der Waals surface area contributed by atoms with Crippen LogP contribution in [-0.4, -0.2) is 60.9 Å². The summed E-state index contributed by atoms with van der Waals surface area (Å²) in [6.45, 7) is 1.88. The van der Waals surface area contributed by atoms with E-state index >= 15 is 0 Å². The fourth-order valence-electron chi connectivity index (χ4n) is 4.06. The smallest absolute Gasteiger partial charge is 0.337 e. The maximum Gasteiger partial charge on any atom is 0.337 e. The predicted octanol–water partition coefficient (Wildman–Crippen LogP) is 4.25. The van der Waals surface area contributed by atoms with Crippen LogP contribution < -0.4 is 10.2 Å². The van der Waals surface area contributed by atoms with E-state index in [2.05, 4.69) is 5.32 Å². The highest BCUT2D eigenvalue weighted by Gasteiger charge is 2.25. The molecule has 0 bridgehead atoms. The van der Waals surface area contributed by atoms with Crippen molar-refractivity contribution in [3.05, 3.63) is 98.6 Å². The van der Waals surface area contributed by atoms with Gasteiger partial charge in [0, 0.05) is 43.9 Å². The van der Waals surface area contributed by atoms with E-state index in [0.717, 1.165) is 6.07 Å². The molecule has 1 aliphatic rings. The fraction of sp³-hybridized carbons (Fsp3) is 0.192. The van der Waals surface area contributed by atoms with Gasteiger partial charge < -0.3 is 19.9 Å². The molecule has 0 radical (unpaired) electrons. The van der Waals surface area contributed by atoms with Gasteiger partial charge in [-0.25, -0.2) is 4.79 Å². The molecule has 1 fully saturated rings. The van der Waals surface area contributed by atoms with E-state index in [4.69, 9.17) is 16.3 Å². The van der Waals surface area contributed by atoms with Crippen molar-refractivity contribution in [2.75, 3.05) is 43.5 Å². The van der Waals surface area contributed by atoms with Gasteiger partial charge in [0.2, 0.25) is 0 Å². The van der Waals surface area contributed by atoms with Gasteiger partial charge in [0.1, 0.15) is 0 Å². The molecule has 0 saturated carbocycles. The molecule has 0 aliphatic carbocycles. The normalized spacial score (nSPS) is 13.1. The lowest BCUT2D eigenvalue weighted by Crippen LogP contribution is -2.49. The van der Waals surface area contributed by atoms with Gasteiger partial charge in [0.05, 0.1) is 39.6 Å². The van der Waals surface area contributed by atoms with Crippen molar-refractivity contribution in [3.8, 4) is 0 Å². The van der Waals surface area contributed by atoms with Gasteiger partial charge in [-0.1, -0.05) is 29.8 Å². The van der Waals surface area contributed by atoms with Crippen LogP contribution in [0.3, 0.4) is 0 Å². The number of nitrogens with zero attached hydrogens (tertiary/aromatic N) is 3. The average molecular weight is 523 g/mol. The number of halogens is 1. The highest BCUT2D eigenvalue weighted by molar-refractivity contribution is 6.34. The Morgan fingerprint density at radius 1 is 0.946 bits per heavy atom. The first kappa shape index (κ1) is 25.6. The summed E-state index contributed by atoms with van der Waals surface area (Å²) < 4.78 is 4.80. The number of nitro benzene ring substituents is 1. The van der Waals surface area contributed by atoms with Crippen LogP contribution >= 0.6 is 11.6 Å². The number of carbonyl (C=O) groups excluding carboxylic acids is 3. The molecule has 1 aliphatic heterocycles.